The Labute approximate surface area is 97.6 Å². The molecular formula is C10H20ClNO2S. The molecule has 2 atom stereocenters. The molecule has 5 heteroatoms. The predicted octanol–water partition coefficient (Wildman–Crippen LogP) is 1.83. The lowest BCUT2D eigenvalue weighted by Crippen LogP contribution is -2.31. The maximum Gasteiger partial charge on any atom is 0.211 e. The van der Waals surface area contributed by atoms with Gasteiger partial charge in [-0.1, -0.05) is 20.8 Å². The number of hydrogen-bond donors (Lipinski definition) is 1. The lowest BCUT2D eigenvalue weighted by molar-refractivity contribution is 0.533. The molecule has 0 heterocycles. The van der Waals surface area contributed by atoms with Gasteiger partial charge in [0.05, 0.1) is 5.75 Å². The summed E-state index contributed by atoms with van der Waals surface area (Å²) < 4.78 is 25.8. The van der Waals surface area contributed by atoms with E-state index < -0.39 is 10.0 Å². The molecule has 0 bridgehead atoms. The minimum absolute atomic E-state index is 0.0105. The zero-order valence-electron chi connectivity index (χ0n) is 9.59. The first-order chi connectivity index (χ1) is 6.77. The average Bonchev–Trinajstić information content (AvgIpc) is 2.70. The van der Waals surface area contributed by atoms with Gasteiger partial charge in [-0.3, -0.25) is 0 Å². The molecule has 1 aliphatic carbocycles. The zero-order valence-corrected chi connectivity index (χ0v) is 11.2. The SMILES string of the molecule is CC(CCl)CS(=O)(=O)NCC1CC1(C)C. The van der Waals surface area contributed by atoms with Crippen molar-refractivity contribution >= 4 is 21.6 Å². The molecule has 2 unspecified atom stereocenters. The summed E-state index contributed by atoms with van der Waals surface area (Å²) >= 11 is 5.59. The number of hydrogen-bond acceptors (Lipinski definition) is 2. The van der Waals surface area contributed by atoms with Gasteiger partial charge in [-0.2, -0.15) is 0 Å². The van der Waals surface area contributed by atoms with Crippen LogP contribution < -0.4 is 4.72 Å². The van der Waals surface area contributed by atoms with Crippen molar-refractivity contribution in [2.75, 3.05) is 18.2 Å². The van der Waals surface area contributed by atoms with E-state index >= 15 is 0 Å². The van der Waals surface area contributed by atoms with Crippen LogP contribution in [0.5, 0.6) is 0 Å². The molecular weight excluding hydrogens is 234 g/mol. The number of halogens is 1. The molecule has 1 fully saturated rings. The van der Waals surface area contributed by atoms with E-state index in [1.54, 1.807) is 0 Å². The van der Waals surface area contributed by atoms with E-state index in [4.69, 9.17) is 11.6 Å². The van der Waals surface area contributed by atoms with Crippen molar-refractivity contribution < 1.29 is 8.42 Å². The molecule has 90 valence electrons. The Hall–Kier alpha value is 0.200. The summed E-state index contributed by atoms with van der Waals surface area (Å²) in [4.78, 5) is 0. The minimum atomic E-state index is -3.13. The Kier molecular flexibility index (Phi) is 4.07. The van der Waals surface area contributed by atoms with E-state index in [1.807, 2.05) is 6.92 Å². The third kappa shape index (κ3) is 4.29. The van der Waals surface area contributed by atoms with E-state index in [1.165, 1.54) is 0 Å². The Morgan fingerprint density at radius 2 is 2.07 bits per heavy atom. The van der Waals surface area contributed by atoms with Crippen LogP contribution in [0.25, 0.3) is 0 Å². The highest BCUT2D eigenvalue weighted by molar-refractivity contribution is 7.89. The first-order valence-corrected chi connectivity index (χ1v) is 7.49. The van der Waals surface area contributed by atoms with Crippen molar-refractivity contribution in [2.45, 2.75) is 27.2 Å². The normalized spacial score (nSPS) is 26.3. The molecule has 1 saturated carbocycles. The molecule has 1 N–H and O–H groups in total. The zero-order chi connectivity index (χ0) is 11.7. The molecule has 0 radical (unpaired) electrons. The van der Waals surface area contributed by atoms with E-state index in [9.17, 15) is 8.42 Å². The molecule has 0 spiro atoms. The fourth-order valence-corrected chi connectivity index (χ4v) is 3.31. The van der Waals surface area contributed by atoms with Crippen LogP contribution in [0.15, 0.2) is 0 Å². The van der Waals surface area contributed by atoms with Crippen molar-refractivity contribution in [3.63, 3.8) is 0 Å². The minimum Gasteiger partial charge on any atom is -0.215 e. The molecule has 1 aliphatic rings. The monoisotopic (exact) mass is 253 g/mol. The van der Waals surface area contributed by atoms with Gasteiger partial charge in [0.1, 0.15) is 0 Å². The maximum atomic E-state index is 11.6. The van der Waals surface area contributed by atoms with E-state index in [2.05, 4.69) is 18.6 Å². The summed E-state index contributed by atoms with van der Waals surface area (Å²) in [6, 6.07) is 0. The lowest BCUT2D eigenvalue weighted by atomic mass is 10.1. The van der Waals surface area contributed by atoms with E-state index in [0.29, 0.717) is 23.8 Å². The summed E-state index contributed by atoms with van der Waals surface area (Å²) in [5.41, 5.74) is 0.320. The van der Waals surface area contributed by atoms with Crippen LogP contribution in [0.1, 0.15) is 27.2 Å². The summed E-state index contributed by atoms with van der Waals surface area (Å²) in [5.74, 6) is 1.02. The topological polar surface area (TPSA) is 46.2 Å². The quantitative estimate of drug-likeness (QED) is 0.734. The van der Waals surface area contributed by atoms with Gasteiger partial charge in [-0.05, 0) is 23.7 Å². The predicted molar refractivity (Wildman–Crippen MR) is 63.6 cm³/mol. The number of nitrogens with one attached hydrogen (secondary N) is 1. The summed E-state index contributed by atoms with van der Waals surface area (Å²) in [5, 5.41) is 0. The van der Waals surface area contributed by atoms with Gasteiger partial charge < -0.3 is 0 Å². The highest BCUT2D eigenvalue weighted by atomic mass is 35.5. The molecule has 0 saturated heterocycles. The second-order valence-corrected chi connectivity index (χ2v) is 7.44. The van der Waals surface area contributed by atoms with Crippen molar-refractivity contribution in [3.8, 4) is 0 Å². The Bertz CT molecular complexity index is 313. The van der Waals surface area contributed by atoms with Gasteiger partial charge >= 0.3 is 0 Å². The van der Waals surface area contributed by atoms with E-state index in [0.717, 1.165) is 6.42 Å². The molecule has 15 heavy (non-hydrogen) atoms. The van der Waals surface area contributed by atoms with Crippen molar-refractivity contribution in [1.82, 2.24) is 4.72 Å². The molecule has 1 rings (SSSR count). The molecule has 0 aromatic carbocycles. The van der Waals surface area contributed by atoms with Crippen LogP contribution in [0.2, 0.25) is 0 Å². The number of rotatable bonds is 6. The first-order valence-electron chi connectivity index (χ1n) is 5.30. The van der Waals surface area contributed by atoms with Crippen LogP contribution in [-0.2, 0) is 10.0 Å². The van der Waals surface area contributed by atoms with Crippen molar-refractivity contribution in [1.29, 1.82) is 0 Å². The van der Waals surface area contributed by atoms with Crippen LogP contribution >= 0.6 is 11.6 Å². The van der Waals surface area contributed by atoms with Crippen LogP contribution in [0.3, 0.4) is 0 Å². The fraction of sp³-hybridized carbons (Fsp3) is 1.00. The molecule has 0 aromatic heterocycles. The van der Waals surface area contributed by atoms with Gasteiger partial charge in [0, 0.05) is 12.4 Å². The van der Waals surface area contributed by atoms with Crippen LogP contribution in [0, 0.1) is 17.3 Å². The highest BCUT2D eigenvalue weighted by Gasteiger charge is 2.45. The third-order valence-corrected chi connectivity index (χ3v) is 5.18. The maximum absolute atomic E-state index is 11.6. The Morgan fingerprint density at radius 3 is 2.47 bits per heavy atom. The molecule has 0 aromatic rings. The van der Waals surface area contributed by atoms with Gasteiger partial charge in [-0.25, -0.2) is 13.1 Å². The molecule has 3 nitrogen and oxygen atoms in total. The number of sulfonamides is 1. The first kappa shape index (κ1) is 13.3. The van der Waals surface area contributed by atoms with Gasteiger partial charge in [-0.15, -0.1) is 11.6 Å². The van der Waals surface area contributed by atoms with E-state index in [-0.39, 0.29) is 11.7 Å². The Morgan fingerprint density at radius 1 is 1.53 bits per heavy atom. The summed E-state index contributed by atoms with van der Waals surface area (Å²) in [7, 11) is -3.13. The van der Waals surface area contributed by atoms with Crippen LogP contribution in [0.4, 0.5) is 0 Å². The average molecular weight is 254 g/mol. The molecule has 0 aliphatic heterocycles. The standard InChI is InChI=1S/C10H20ClNO2S/c1-8(5-11)7-15(13,14)12-6-9-4-10(9,2)3/h8-9,12H,4-7H2,1-3H3. The van der Waals surface area contributed by atoms with Crippen molar-refractivity contribution in [3.05, 3.63) is 0 Å². The second kappa shape index (κ2) is 4.60. The van der Waals surface area contributed by atoms with Gasteiger partial charge in [0.25, 0.3) is 0 Å². The number of alkyl halides is 1. The summed E-state index contributed by atoms with van der Waals surface area (Å²) in [6.45, 7) is 6.73. The highest BCUT2D eigenvalue weighted by Crippen LogP contribution is 2.51. The van der Waals surface area contributed by atoms with Crippen LogP contribution in [-0.4, -0.2) is 26.6 Å². The van der Waals surface area contributed by atoms with Gasteiger partial charge in [0.2, 0.25) is 10.0 Å². The smallest absolute Gasteiger partial charge is 0.211 e. The van der Waals surface area contributed by atoms with Crippen molar-refractivity contribution in [2.24, 2.45) is 17.3 Å². The lowest BCUT2D eigenvalue weighted by Gasteiger charge is -2.10. The third-order valence-electron chi connectivity index (χ3n) is 3.03. The summed E-state index contributed by atoms with van der Waals surface area (Å²) in [6.07, 6.45) is 1.11. The van der Waals surface area contributed by atoms with Gasteiger partial charge in [0.15, 0.2) is 0 Å². The Balaban J connectivity index is 2.31. The fourth-order valence-electron chi connectivity index (χ4n) is 1.63. The molecule has 0 amide bonds. The largest absolute Gasteiger partial charge is 0.215 e. The second-order valence-electron chi connectivity index (χ2n) is 5.28.